The lowest BCUT2D eigenvalue weighted by Crippen LogP contribution is -2.39. The van der Waals surface area contributed by atoms with Crippen LogP contribution in [0.15, 0.2) is 41.9 Å². The summed E-state index contributed by atoms with van der Waals surface area (Å²) in [5.41, 5.74) is 2.10. The van der Waals surface area contributed by atoms with E-state index in [9.17, 15) is 0 Å². The molecule has 0 fully saturated rings. The predicted octanol–water partition coefficient (Wildman–Crippen LogP) is 2.16. The summed E-state index contributed by atoms with van der Waals surface area (Å²) in [7, 11) is 0. The maximum absolute atomic E-state index is 5.57. The Bertz CT molecular complexity index is 658. The van der Waals surface area contributed by atoms with Gasteiger partial charge in [0.2, 0.25) is 0 Å². The van der Waals surface area contributed by atoms with E-state index in [4.69, 9.17) is 9.47 Å². The van der Waals surface area contributed by atoms with Gasteiger partial charge < -0.3 is 20.1 Å². The van der Waals surface area contributed by atoms with Crippen molar-refractivity contribution in [2.75, 3.05) is 39.5 Å². The Kier molecular flexibility index (Phi) is 10.7. The molecule has 8 nitrogen and oxygen atoms in total. The van der Waals surface area contributed by atoms with Crippen molar-refractivity contribution in [3.63, 3.8) is 0 Å². The highest BCUT2D eigenvalue weighted by Gasteiger charge is 2.00. The first-order valence-corrected chi connectivity index (χ1v) is 9.95. The topological polar surface area (TPSA) is 85.6 Å². The Morgan fingerprint density at radius 1 is 1.04 bits per heavy atom. The lowest BCUT2D eigenvalue weighted by molar-refractivity contribution is 0.0487. The molecule has 1 aromatic heterocycles. The summed E-state index contributed by atoms with van der Waals surface area (Å²) < 4.78 is 12.8. The predicted molar refractivity (Wildman–Crippen MR) is 111 cm³/mol. The van der Waals surface area contributed by atoms with Gasteiger partial charge in [-0.3, -0.25) is 0 Å². The van der Waals surface area contributed by atoms with Crippen LogP contribution < -0.4 is 10.6 Å². The quantitative estimate of drug-likeness (QED) is 0.311. The minimum Gasteiger partial charge on any atom is -0.379 e. The van der Waals surface area contributed by atoms with E-state index in [1.807, 2.05) is 31.2 Å². The average Bonchev–Trinajstić information content (AvgIpc) is 3.26. The first-order chi connectivity index (χ1) is 13.8. The van der Waals surface area contributed by atoms with Gasteiger partial charge in [-0.05, 0) is 31.0 Å². The zero-order valence-electron chi connectivity index (χ0n) is 16.9. The molecular weight excluding hydrogens is 356 g/mol. The Morgan fingerprint density at radius 3 is 2.50 bits per heavy atom. The van der Waals surface area contributed by atoms with Crippen molar-refractivity contribution in [2.24, 2.45) is 4.99 Å². The Hall–Kier alpha value is -2.45. The van der Waals surface area contributed by atoms with E-state index in [1.165, 1.54) is 6.33 Å². The Balaban J connectivity index is 1.68. The van der Waals surface area contributed by atoms with Gasteiger partial charge in [0.15, 0.2) is 5.96 Å². The molecule has 8 heteroatoms. The summed E-state index contributed by atoms with van der Waals surface area (Å²) in [6.07, 6.45) is 5.46. The molecule has 0 aliphatic rings. The lowest BCUT2D eigenvalue weighted by atomic mass is 10.2. The molecule has 0 saturated carbocycles. The fourth-order valence-corrected chi connectivity index (χ4v) is 2.42. The van der Waals surface area contributed by atoms with Gasteiger partial charge in [-0.1, -0.05) is 25.5 Å². The third-order valence-corrected chi connectivity index (χ3v) is 3.94. The van der Waals surface area contributed by atoms with Gasteiger partial charge in [0.25, 0.3) is 0 Å². The second-order valence-corrected chi connectivity index (χ2v) is 6.21. The van der Waals surface area contributed by atoms with Crippen LogP contribution in [0, 0.1) is 0 Å². The number of aliphatic imine (C=N–C) groups is 1. The monoisotopic (exact) mass is 388 g/mol. The summed E-state index contributed by atoms with van der Waals surface area (Å²) in [6, 6.07) is 8.12. The number of nitrogens with zero attached hydrogens (tertiary/aromatic N) is 4. The largest absolute Gasteiger partial charge is 0.379 e. The van der Waals surface area contributed by atoms with Gasteiger partial charge in [0.1, 0.15) is 12.7 Å². The van der Waals surface area contributed by atoms with E-state index >= 15 is 0 Å². The molecule has 2 aromatic rings. The van der Waals surface area contributed by atoms with E-state index in [-0.39, 0.29) is 0 Å². The molecule has 28 heavy (non-hydrogen) atoms. The first-order valence-electron chi connectivity index (χ1n) is 9.95. The number of nitrogens with one attached hydrogen (secondary N) is 2. The molecular formula is C20H32N6O2. The van der Waals surface area contributed by atoms with E-state index in [1.54, 1.807) is 11.0 Å². The SMILES string of the molecule is CCCCOCCOCCNC(=NCc1ccc(-n2cncn2)cc1)NCC. The molecule has 0 bridgehead atoms. The normalized spacial score (nSPS) is 11.6. The third-order valence-electron chi connectivity index (χ3n) is 3.94. The van der Waals surface area contributed by atoms with Crippen molar-refractivity contribution in [3.8, 4) is 5.69 Å². The van der Waals surface area contributed by atoms with Crippen LogP contribution in [-0.4, -0.2) is 60.2 Å². The van der Waals surface area contributed by atoms with E-state index in [0.29, 0.717) is 32.9 Å². The second-order valence-electron chi connectivity index (χ2n) is 6.21. The van der Waals surface area contributed by atoms with Crippen LogP contribution in [0.1, 0.15) is 32.3 Å². The number of hydrogen-bond donors (Lipinski definition) is 2. The highest BCUT2D eigenvalue weighted by molar-refractivity contribution is 5.79. The second kappa shape index (κ2) is 13.7. The van der Waals surface area contributed by atoms with Crippen molar-refractivity contribution >= 4 is 5.96 Å². The molecule has 0 atom stereocenters. The summed E-state index contributed by atoms with van der Waals surface area (Å²) in [6.45, 7) is 9.02. The molecule has 0 aliphatic carbocycles. The maximum Gasteiger partial charge on any atom is 0.191 e. The van der Waals surface area contributed by atoms with Gasteiger partial charge >= 0.3 is 0 Å². The van der Waals surface area contributed by atoms with Gasteiger partial charge in [0.05, 0.1) is 32.1 Å². The maximum atomic E-state index is 5.57. The number of guanidine groups is 1. The number of aromatic nitrogens is 3. The third kappa shape index (κ3) is 8.49. The Morgan fingerprint density at radius 2 is 1.82 bits per heavy atom. The average molecular weight is 389 g/mol. The number of benzene rings is 1. The van der Waals surface area contributed by atoms with Gasteiger partial charge in [0, 0.05) is 19.7 Å². The van der Waals surface area contributed by atoms with E-state index < -0.39 is 0 Å². The molecule has 1 heterocycles. The zero-order chi connectivity index (χ0) is 19.9. The minimum absolute atomic E-state index is 0.596. The van der Waals surface area contributed by atoms with Crippen molar-refractivity contribution < 1.29 is 9.47 Å². The van der Waals surface area contributed by atoms with Crippen molar-refractivity contribution in [2.45, 2.75) is 33.2 Å². The molecule has 0 unspecified atom stereocenters. The minimum atomic E-state index is 0.596. The molecule has 2 N–H and O–H groups in total. The molecule has 1 aromatic carbocycles. The number of hydrogen-bond acceptors (Lipinski definition) is 5. The van der Waals surface area contributed by atoms with E-state index in [0.717, 1.165) is 43.2 Å². The molecule has 0 radical (unpaired) electrons. The van der Waals surface area contributed by atoms with Gasteiger partial charge in [-0.2, -0.15) is 5.10 Å². The van der Waals surface area contributed by atoms with Crippen LogP contribution in [-0.2, 0) is 16.0 Å². The molecule has 0 amide bonds. The molecule has 0 spiro atoms. The van der Waals surface area contributed by atoms with Crippen molar-refractivity contribution in [1.82, 2.24) is 25.4 Å². The van der Waals surface area contributed by atoms with Gasteiger partial charge in [-0.15, -0.1) is 0 Å². The highest BCUT2D eigenvalue weighted by atomic mass is 16.5. The van der Waals surface area contributed by atoms with Crippen LogP contribution in [0.2, 0.25) is 0 Å². The van der Waals surface area contributed by atoms with Crippen molar-refractivity contribution in [1.29, 1.82) is 0 Å². The standard InChI is InChI=1S/C20H32N6O2/c1-3-5-11-27-13-14-28-12-10-23-20(22-4-2)24-15-18-6-8-19(9-7-18)26-17-21-16-25-26/h6-9,16-17H,3-5,10-15H2,1-2H3,(H2,22,23,24). The van der Waals surface area contributed by atoms with Gasteiger partial charge in [-0.25, -0.2) is 14.7 Å². The molecule has 0 saturated heterocycles. The highest BCUT2D eigenvalue weighted by Crippen LogP contribution is 2.08. The Labute approximate surface area is 167 Å². The summed E-state index contributed by atoms with van der Waals surface area (Å²) >= 11 is 0. The van der Waals surface area contributed by atoms with Crippen LogP contribution in [0.3, 0.4) is 0 Å². The smallest absolute Gasteiger partial charge is 0.191 e. The summed E-state index contributed by atoms with van der Waals surface area (Å²) in [4.78, 5) is 8.58. The van der Waals surface area contributed by atoms with Crippen molar-refractivity contribution in [3.05, 3.63) is 42.5 Å². The number of rotatable bonds is 13. The fourth-order valence-electron chi connectivity index (χ4n) is 2.42. The van der Waals surface area contributed by atoms with Crippen LogP contribution >= 0.6 is 0 Å². The van der Waals surface area contributed by atoms with E-state index in [2.05, 4.69) is 32.6 Å². The fraction of sp³-hybridized carbons (Fsp3) is 0.550. The number of ether oxygens (including phenoxy) is 2. The first kappa shape index (κ1) is 21.8. The van der Waals surface area contributed by atoms with Crippen LogP contribution in [0.25, 0.3) is 5.69 Å². The summed E-state index contributed by atoms with van der Waals surface area (Å²) in [5, 5.41) is 10.7. The van der Waals surface area contributed by atoms with Crippen LogP contribution in [0.4, 0.5) is 0 Å². The lowest BCUT2D eigenvalue weighted by Gasteiger charge is -2.12. The molecule has 0 aliphatic heterocycles. The molecule has 154 valence electrons. The van der Waals surface area contributed by atoms with Crippen LogP contribution in [0.5, 0.6) is 0 Å². The number of unbranched alkanes of at least 4 members (excludes halogenated alkanes) is 1. The zero-order valence-corrected chi connectivity index (χ0v) is 16.9. The summed E-state index contributed by atoms with van der Waals surface area (Å²) in [5.74, 6) is 0.783. The molecule has 2 rings (SSSR count).